The molecule has 1 saturated heterocycles. The summed E-state index contributed by atoms with van der Waals surface area (Å²) in [6.45, 7) is 5.83. The standard InChI is InChI=1S/C14H21N3O2/c1-3-15-11-4-5-12(16-10-11)13(18)17-8-6-14(2,19)7-9-17/h4-5,10,15,19H,3,6-9H2,1-2H3. The molecule has 5 heteroatoms. The largest absolute Gasteiger partial charge is 0.390 e. The molecule has 1 aromatic heterocycles. The van der Waals surface area contributed by atoms with Gasteiger partial charge < -0.3 is 15.3 Å². The summed E-state index contributed by atoms with van der Waals surface area (Å²) < 4.78 is 0. The smallest absolute Gasteiger partial charge is 0.272 e. The third-order valence-corrected chi connectivity index (χ3v) is 3.49. The third-order valence-electron chi connectivity index (χ3n) is 3.49. The normalized spacial score (nSPS) is 18.2. The number of nitrogens with one attached hydrogen (secondary N) is 1. The lowest BCUT2D eigenvalue weighted by Gasteiger charge is -2.35. The van der Waals surface area contributed by atoms with E-state index in [-0.39, 0.29) is 5.91 Å². The molecule has 1 amide bonds. The number of nitrogens with zero attached hydrogens (tertiary/aromatic N) is 2. The van der Waals surface area contributed by atoms with Gasteiger partial charge in [-0.3, -0.25) is 4.79 Å². The zero-order valence-electron chi connectivity index (χ0n) is 11.5. The van der Waals surface area contributed by atoms with E-state index in [2.05, 4.69) is 10.3 Å². The predicted octanol–water partition coefficient (Wildman–Crippen LogP) is 1.50. The number of aliphatic hydroxyl groups is 1. The topological polar surface area (TPSA) is 65.5 Å². The molecular formula is C14H21N3O2. The molecule has 0 aromatic carbocycles. The number of carbonyl (C=O) groups excluding carboxylic acids is 1. The number of hydrogen-bond donors (Lipinski definition) is 2. The van der Waals surface area contributed by atoms with Crippen LogP contribution in [-0.4, -0.2) is 46.1 Å². The maximum absolute atomic E-state index is 12.2. The van der Waals surface area contributed by atoms with Crippen molar-refractivity contribution in [3.8, 4) is 0 Å². The van der Waals surface area contributed by atoms with Gasteiger partial charge in [-0.15, -0.1) is 0 Å². The van der Waals surface area contributed by atoms with E-state index in [9.17, 15) is 9.90 Å². The molecule has 1 aliphatic rings. The second-order valence-corrected chi connectivity index (χ2v) is 5.25. The molecule has 5 nitrogen and oxygen atoms in total. The second kappa shape index (κ2) is 5.57. The molecule has 0 bridgehead atoms. The van der Waals surface area contributed by atoms with E-state index in [1.165, 1.54) is 0 Å². The molecule has 1 aliphatic heterocycles. The van der Waals surface area contributed by atoms with Gasteiger partial charge in [0.25, 0.3) is 5.91 Å². The number of amides is 1. The number of anilines is 1. The van der Waals surface area contributed by atoms with Gasteiger partial charge in [-0.2, -0.15) is 0 Å². The van der Waals surface area contributed by atoms with Crippen molar-refractivity contribution < 1.29 is 9.90 Å². The van der Waals surface area contributed by atoms with Gasteiger partial charge in [0.2, 0.25) is 0 Å². The molecule has 0 aliphatic carbocycles. The first kappa shape index (κ1) is 13.8. The van der Waals surface area contributed by atoms with Crippen molar-refractivity contribution in [1.82, 2.24) is 9.88 Å². The lowest BCUT2D eigenvalue weighted by atomic mass is 9.94. The lowest BCUT2D eigenvalue weighted by Crippen LogP contribution is -2.45. The highest BCUT2D eigenvalue weighted by Gasteiger charge is 2.30. The summed E-state index contributed by atoms with van der Waals surface area (Å²) in [5.41, 5.74) is 0.739. The van der Waals surface area contributed by atoms with Crippen molar-refractivity contribution in [3.05, 3.63) is 24.0 Å². The summed E-state index contributed by atoms with van der Waals surface area (Å²) >= 11 is 0. The van der Waals surface area contributed by atoms with E-state index in [0.29, 0.717) is 31.6 Å². The molecule has 0 radical (unpaired) electrons. The van der Waals surface area contributed by atoms with Crippen molar-refractivity contribution in [2.45, 2.75) is 32.3 Å². The number of carbonyl (C=O) groups is 1. The van der Waals surface area contributed by atoms with E-state index in [0.717, 1.165) is 12.2 Å². The monoisotopic (exact) mass is 263 g/mol. The lowest BCUT2D eigenvalue weighted by molar-refractivity contribution is -0.00219. The minimum Gasteiger partial charge on any atom is -0.390 e. The van der Waals surface area contributed by atoms with Gasteiger partial charge in [0.05, 0.1) is 17.5 Å². The van der Waals surface area contributed by atoms with Gasteiger partial charge >= 0.3 is 0 Å². The molecule has 0 saturated carbocycles. The quantitative estimate of drug-likeness (QED) is 0.867. The fraction of sp³-hybridized carbons (Fsp3) is 0.571. The van der Waals surface area contributed by atoms with Gasteiger partial charge in [-0.05, 0) is 38.8 Å². The van der Waals surface area contributed by atoms with Gasteiger partial charge in [0, 0.05) is 19.6 Å². The van der Waals surface area contributed by atoms with Crippen LogP contribution in [0.25, 0.3) is 0 Å². The fourth-order valence-electron chi connectivity index (χ4n) is 2.18. The highest BCUT2D eigenvalue weighted by Crippen LogP contribution is 2.22. The average molecular weight is 263 g/mol. The SMILES string of the molecule is CCNc1ccc(C(=O)N2CCC(C)(O)CC2)nc1. The van der Waals surface area contributed by atoms with E-state index >= 15 is 0 Å². The first-order chi connectivity index (χ1) is 9.02. The van der Waals surface area contributed by atoms with Crippen LogP contribution in [0, 0.1) is 0 Å². The maximum Gasteiger partial charge on any atom is 0.272 e. The summed E-state index contributed by atoms with van der Waals surface area (Å²) in [5.74, 6) is -0.0569. The number of hydrogen-bond acceptors (Lipinski definition) is 4. The summed E-state index contributed by atoms with van der Waals surface area (Å²) in [7, 11) is 0. The van der Waals surface area contributed by atoms with E-state index in [1.807, 2.05) is 19.9 Å². The Kier molecular flexibility index (Phi) is 4.04. The van der Waals surface area contributed by atoms with E-state index in [1.54, 1.807) is 17.2 Å². The van der Waals surface area contributed by atoms with Crippen LogP contribution in [0.2, 0.25) is 0 Å². The summed E-state index contributed by atoms with van der Waals surface area (Å²) in [6, 6.07) is 3.61. The molecule has 1 fully saturated rings. The molecule has 1 aromatic rings. The Morgan fingerprint density at radius 1 is 1.47 bits per heavy atom. The Bertz CT molecular complexity index is 433. The van der Waals surface area contributed by atoms with Gasteiger partial charge in [0.1, 0.15) is 5.69 Å². The average Bonchev–Trinajstić information content (AvgIpc) is 2.39. The number of piperidine rings is 1. The minimum atomic E-state index is -0.640. The number of aromatic nitrogens is 1. The first-order valence-electron chi connectivity index (χ1n) is 6.73. The number of rotatable bonds is 3. The molecule has 0 unspecified atom stereocenters. The molecule has 2 rings (SSSR count). The van der Waals surface area contributed by atoms with Crippen LogP contribution >= 0.6 is 0 Å². The van der Waals surface area contributed by atoms with Crippen LogP contribution in [-0.2, 0) is 0 Å². The van der Waals surface area contributed by atoms with Crippen LogP contribution in [0.4, 0.5) is 5.69 Å². The van der Waals surface area contributed by atoms with Crippen molar-refractivity contribution in [1.29, 1.82) is 0 Å². The Labute approximate surface area is 113 Å². The molecule has 104 valence electrons. The molecule has 0 atom stereocenters. The zero-order chi connectivity index (χ0) is 13.9. The predicted molar refractivity (Wildman–Crippen MR) is 74.2 cm³/mol. The summed E-state index contributed by atoms with van der Waals surface area (Å²) in [6.07, 6.45) is 2.92. The minimum absolute atomic E-state index is 0.0569. The molecule has 2 heterocycles. The molecule has 0 spiro atoms. The Hall–Kier alpha value is -1.62. The Morgan fingerprint density at radius 2 is 2.16 bits per heavy atom. The number of likely N-dealkylation sites (tertiary alicyclic amines) is 1. The zero-order valence-corrected chi connectivity index (χ0v) is 11.5. The third kappa shape index (κ3) is 3.44. The summed E-state index contributed by atoms with van der Waals surface area (Å²) in [4.78, 5) is 18.2. The van der Waals surface area contributed by atoms with Crippen molar-refractivity contribution in [2.24, 2.45) is 0 Å². The van der Waals surface area contributed by atoms with E-state index < -0.39 is 5.60 Å². The van der Waals surface area contributed by atoms with Crippen molar-refractivity contribution in [3.63, 3.8) is 0 Å². The Morgan fingerprint density at radius 3 is 2.68 bits per heavy atom. The van der Waals surface area contributed by atoms with Crippen LogP contribution in [0.3, 0.4) is 0 Å². The molecular weight excluding hydrogens is 242 g/mol. The van der Waals surface area contributed by atoms with Gasteiger partial charge in [-0.25, -0.2) is 4.98 Å². The van der Waals surface area contributed by atoms with Crippen LogP contribution in [0.1, 0.15) is 37.2 Å². The second-order valence-electron chi connectivity index (χ2n) is 5.25. The first-order valence-corrected chi connectivity index (χ1v) is 6.73. The fourth-order valence-corrected chi connectivity index (χ4v) is 2.18. The van der Waals surface area contributed by atoms with Crippen molar-refractivity contribution in [2.75, 3.05) is 25.0 Å². The van der Waals surface area contributed by atoms with Crippen molar-refractivity contribution >= 4 is 11.6 Å². The van der Waals surface area contributed by atoms with Crippen LogP contribution < -0.4 is 5.32 Å². The van der Waals surface area contributed by atoms with Gasteiger partial charge in [-0.1, -0.05) is 0 Å². The molecule has 2 N–H and O–H groups in total. The number of pyridine rings is 1. The van der Waals surface area contributed by atoms with Gasteiger partial charge in [0.15, 0.2) is 0 Å². The molecule has 19 heavy (non-hydrogen) atoms. The van der Waals surface area contributed by atoms with E-state index in [4.69, 9.17) is 0 Å². The highest BCUT2D eigenvalue weighted by molar-refractivity contribution is 5.92. The summed E-state index contributed by atoms with van der Waals surface area (Å²) in [5, 5.41) is 13.0. The highest BCUT2D eigenvalue weighted by atomic mass is 16.3. The van der Waals surface area contributed by atoms with Crippen LogP contribution in [0.5, 0.6) is 0 Å². The van der Waals surface area contributed by atoms with Crippen LogP contribution in [0.15, 0.2) is 18.3 Å². The maximum atomic E-state index is 12.2. The Balaban J connectivity index is 2.00.